The Morgan fingerprint density at radius 1 is 1.19 bits per heavy atom. The van der Waals surface area contributed by atoms with Gasteiger partial charge in [-0.3, -0.25) is 4.79 Å². The molecule has 0 spiro atoms. The first kappa shape index (κ1) is 21.3. The van der Waals surface area contributed by atoms with E-state index in [1.165, 1.54) is 25.7 Å². The number of rotatable bonds is 8. The summed E-state index contributed by atoms with van der Waals surface area (Å²) in [6.07, 6.45) is 6.01. The zero-order valence-corrected chi connectivity index (χ0v) is 18.3. The van der Waals surface area contributed by atoms with Crippen LogP contribution < -0.4 is 27.0 Å². The van der Waals surface area contributed by atoms with Crippen molar-refractivity contribution in [2.24, 2.45) is 11.1 Å². The molecule has 1 aliphatic heterocycles. The summed E-state index contributed by atoms with van der Waals surface area (Å²) in [4.78, 5) is 25.4. The molecule has 2 heterocycles. The minimum Gasteiger partial charge on any atom is -0.366 e. The molecular formula is C22H32N8O. The highest BCUT2D eigenvalue weighted by atomic mass is 16.1. The Morgan fingerprint density at radius 3 is 2.65 bits per heavy atom. The lowest BCUT2D eigenvalue weighted by Crippen LogP contribution is -2.26. The summed E-state index contributed by atoms with van der Waals surface area (Å²) in [5.74, 6) is 1.03. The summed E-state index contributed by atoms with van der Waals surface area (Å²) in [7, 11) is 0. The van der Waals surface area contributed by atoms with Crippen molar-refractivity contribution in [2.75, 3.05) is 35.6 Å². The first-order chi connectivity index (χ1) is 14.9. The molecule has 166 valence electrons. The standard InChI is InChI=1S/C22H32N8O/c1-14-5-6-15(18(23)31)11-17(14)27-21-29-19(25-13-22(2)8-3-4-9-22)28-20(30-21)26-16-7-10-24-12-16/h5-6,11,16,24H,3-4,7-10,12-13H2,1-2H3,(H2,23,31)(H3,25,26,27,28,29,30)/t16-/m1/s1. The predicted octanol–water partition coefficient (Wildman–Crippen LogP) is 2.79. The van der Waals surface area contributed by atoms with E-state index in [1.807, 2.05) is 13.0 Å². The molecule has 2 aromatic rings. The summed E-state index contributed by atoms with van der Waals surface area (Å²) in [6.45, 7) is 6.97. The number of anilines is 4. The van der Waals surface area contributed by atoms with Gasteiger partial charge in [-0.25, -0.2) is 0 Å². The number of primary amides is 1. The molecule has 0 bridgehead atoms. The minimum atomic E-state index is -0.470. The van der Waals surface area contributed by atoms with Crippen molar-refractivity contribution < 1.29 is 4.79 Å². The molecule has 1 amide bonds. The molecule has 2 aliphatic rings. The van der Waals surface area contributed by atoms with Gasteiger partial charge in [0.1, 0.15) is 0 Å². The van der Waals surface area contributed by atoms with Gasteiger partial charge in [-0.05, 0) is 55.8 Å². The third-order valence-corrected chi connectivity index (χ3v) is 6.28. The lowest BCUT2D eigenvalue weighted by atomic mass is 9.89. The van der Waals surface area contributed by atoms with Crippen LogP contribution in [0.2, 0.25) is 0 Å². The molecule has 6 N–H and O–H groups in total. The lowest BCUT2D eigenvalue weighted by Gasteiger charge is -2.24. The number of aryl methyl sites for hydroxylation is 1. The second-order valence-corrected chi connectivity index (χ2v) is 9.03. The van der Waals surface area contributed by atoms with Crippen LogP contribution in [0.4, 0.5) is 23.5 Å². The Labute approximate surface area is 183 Å². The van der Waals surface area contributed by atoms with Gasteiger partial charge in [0.25, 0.3) is 0 Å². The SMILES string of the molecule is Cc1ccc(C(N)=O)cc1Nc1nc(NCC2(C)CCCC2)nc(N[C@@H]2CCNC2)n1. The highest BCUT2D eigenvalue weighted by Crippen LogP contribution is 2.37. The van der Waals surface area contributed by atoms with E-state index in [-0.39, 0.29) is 11.5 Å². The largest absolute Gasteiger partial charge is 0.366 e. The number of nitrogens with zero attached hydrogens (tertiary/aromatic N) is 3. The van der Waals surface area contributed by atoms with Crippen molar-refractivity contribution in [3.8, 4) is 0 Å². The molecule has 0 radical (unpaired) electrons. The van der Waals surface area contributed by atoms with Crippen LogP contribution in [0.3, 0.4) is 0 Å². The molecule has 9 nitrogen and oxygen atoms in total. The second kappa shape index (κ2) is 9.05. The summed E-state index contributed by atoms with van der Waals surface area (Å²) in [6, 6.07) is 5.58. The van der Waals surface area contributed by atoms with E-state index in [0.29, 0.717) is 23.4 Å². The fourth-order valence-electron chi connectivity index (χ4n) is 4.26. The number of nitrogens with one attached hydrogen (secondary N) is 4. The monoisotopic (exact) mass is 424 g/mol. The van der Waals surface area contributed by atoms with Gasteiger partial charge in [0.2, 0.25) is 23.8 Å². The van der Waals surface area contributed by atoms with Crippen LogP contribution in [0, 0.1) is 12.3 Å². The van der Waals surface area contributed by atoms with E-state index < -0.39 is 5.91 Å². The Balaban J connectivity index is 1.57. The van der Waals surface area contributed by atoms with E-state index in [9.17, 15) is 4.79 Å². The number of nitrogens with two attached hydrogens (primary N) is 1. The molecular weight excluding hydrogens is 392 g/mol. The van der Waals surface area contributed by atoms with Gasteiger partial charge in [-0.2, -0.15) is 15.0 Å². The first-order valence-corrected chi connectivity index (χ1v) is 11.0. The van der Waals surface area contributed by atoms with Gasteiger partial charge in [0.05, 0.1) is 0 Å². The molecule has 0 unspecified atom stereocenters. The number of carbonyl (C=O) groups is 1. The van der Waals surface area contributed by atoms with Crippen molar-refractivity contribution >= 4 is 29.4 Å². The molecule has 1 aliphatic carbocycles. The normalized spacial score (nSPS) is 19.9. The number of amides is 1. The van der Waals surface area contributed by atoms with Crippen LogP contribution in [0.5, 0.6) is 0 Å². The Bertz CT molecular complexity index is 935. The number of carbonyl (C=O) groups excluding carboxylic acids is 1. The average molecular weight is 425 g/mol. The molecule has 1 aromatic heterocycles. The highest BCUT2D eigenvalue weighted by molar-refractivity contribution is 5.94. The van der Waals surface area contributed by atoms with Crippen LogP contribution in [0.25, 0.3) is 0 Å². The summed E-state index contributed by atoms with van der Waals surface area (Å²) in [5, 5.41) is 13.4. The fourth-order valence-corrected chi connectivity index (χ4v) is 4.26. The highest BCUT2D eigenvalue weighted by Gasteiger charge is 2.28. The minimum absolute atomic E-state index is 0.273. The molecule has 2 fully saturated rings. The molecule has 4 rings (SSSR count). The molecule has 31 heavy (non-hydrogen) atoms. The maximum Gasteiger partial charge on any atom is 0.248 e. The third-order valence-electron chi connectivity index (χ3n) is 6.28. The predicted molar refractivity (Wildman–Crippen MR) is 123 cm³/mol. The van der Waals surface area contributed by atoms with Gasteiger partial charge < -0.3 is 27.0 Å². The first-order valence-electron chi connectivity index (χ1n) is 11.0. The third kappa shape index (κ3) is 5.41. The van der Waals surface area contributed by atoms with Crippen molar-refractivity contribution in [1.82, 2.24) is 20.3 Å². The Kier molecular flexibility index (Phi) is 6.22. The van der Waals surface area contributed by atoms with Crippen LogP contribution in [-0.4, -0.2) is 46.5 Å². The van der Waals surface area contributed by atoms with Crippen molar-refractivity contribution in [3.05, 3.63) is 29.3 Å². The van der Waals surface area contributed by atoms with Crippen LogP contribution >= 0.6 is 0 Å². The van der Waals surface area contributed by atoms with E-state index >= 15 is 0 Å². The molecule has 1 saturated heterocycles. The van der Waals surface area contributed by atoms with Crippen LogP contribution in [-0.2, 0) is 0 Å². The lowest BCUT2D eigenvalue weighted by molar-refractivity contribution is 0.100. The van der Waals surface area contributed by atoms with E-state index in [4.69, 9.17) is 5.73 Å². The van der Waals surface area contributed by atoms with Crippen molar-refractivity contribution in [3.63, 3.8) is 0 Å². The van der Waals surface area contributed by atoms with E-state index in [2.05, 4.69) is 43.1 Å². The molecule has 9 heteroatoms. The fraction of sp³-hybridized carbons (Fsp3) is 0.545. The zero-order chi connectivity index (χ0) is 21.8. The average Bonchev–Trinajstić information content (AvgIpc) is 3.40. The zero-order valence-electron chi connectivity index (χ0n) is 18.3. The molecule has 1 atom stereocenters. The van der Waals surface area contributed by atoms with E-state index in [1.54, 1.807) is 12.1 Å². The maximum absolute atomic E-state index is 11.6. The summed E-state index contributed by atoms with van der Waals surface area (Å²) >= 11 is 0. The van der Waals surface area contributed by atoms with E-state index in [0.717, 1.165) is 37.3 Å². The second-order valence-electron chi connectivity index (χ2n) is 9.03. The van der Waals surface area contributed by atoms with Crippen LogP contribution in [0.15, 0.2) is 18.2 Å². The number of hydrogen-bond acceptors (Lipinski definition) is 8. The summed E-state index contributed by atoms with van der Waals surface area (Å²) in [5.41, 5.74) is 7.86. The van der Waals surface area contributed by atoms with Crippen molar-refractivity contribution in [1.29, 1.82) is 0 Å². The van der Waals surface area contributed by atoms with Gasteiger partial charge >= 0.3 is 0 Å². The number of aromatic nitrogens is 3. The Hall–Kier alpha value is -2.94. The van der Waals surface area contributed by atoms with Gasteiger partial charge in [-0.15, -0.1) is 0 Å². The topological polar surface area (TPSA) is 130 Å². The molecule has 1 aromatic carbocycles. The van der Waals surface area contributed by atoms with Crippen LogP contribution in [0.1, 0.15) is 54.9 Å². The number of benzene rings is 1. The van der Waals surface area contributed by atoms with Gasteiger partial charge in [-0.1, -0.05) is 25.8 Å². The molecule has 1 saturated carbocycles. The smallest absolute Gasteiger partial charge is 0.248 e. The quantitative estimate of drug-likeness (QED) is 0.437. The number of hydrogen-bond donors (Lipinski definition) is 5. The summed E-state index contributed by atoms with van der Waals surface area (Å²) < 4.78 is 0. The maximum atomic E-state index is 11.6. The van der Waals surface area contributed by atoms with Crippen molar-refractivity contribution in [2.45, 2.75) is 52.0 Å². The van der Waals surface area contributed by atoms with Gasteiger partial charge in [0.15, 0.2) is 0 Å². The Morgan fingerprint density at radius 2 is 1.94 bits per heavy atom. The van der Waals surface area contributed by atoms with Gasteiger partial charge in [0, 0.05) is 30.4 Å².